The molecule has 2 aromatic carbocycles. The van der Waals surface area contributed by atoms with E-state index in [4.69, 9.17) is 0 Å². The zero-order valence-corrected chi connectivity index (χ0v) is 19.9. The van der Waals surface area contributed by atoms with E-state index in [1.807, 2.05) is 29.2 Å². The predicted octanol–water partition coefficient (Wildman–Crippen LogP) is 5.55. The molecule has 2 aliphatic rings. The van der Waals surface area contributed by atoms with E-state index in [1.165, 1.54) is 17.8 Å². The third-order valence-electron chi connectivity index (χ3n) is 5.62. The first-order valence-corrected chi connectivity index (χ1v) is 11.1. The van der Waals surface area contributed by atoms with Crippen LogP contribution < -0.4 is 10.2 Å². The van der Waals surface area contributed by atoms with Crippen LogP contribution in [-0.4, -0.2) is 49.0 Å². The van der Waals surface area contributed by atoms with Gasteiger partial charge in [-0.15, -0.1) is 24.8 Å². The smallest absolute Gasteiger partial charge is 0.378 e. The molecule has 2 heterocycles. The highest BCUT2D eigenvalue weighted by molar-refractivity contribution is 7.99. The Morgan fingerprint density at radius 3 is 2.38 bits per heavy atom. The summed E-state index contributed by atoms with van der Waals surface area (Å²) in [4.78, 5) is 5.95. The zero-order valence-electron chi connectivity index (χ0n) is 17.5. The minimum Gasteiger partial charge on any atom is -0.378 e. The molecular formula is C22H28Cl2F3N3OS. The lowest BCUT2D eigenvalue weighted by Crippen LogP contribution is -2.48. The van der Waals surface area contributed by atoms with E-state index in [-0.39, 0.29) is 24.8 Å². The number of hydrogen-bond acceptors (Lipinski definition) is 5. The molecule has 32 heavy (non-hydrogen) atoms. The Hall–Kier alpha value is -1.16. The maximum Gasteiger partial charge on any atom is 0.416 e. The number of alkyl halides is 3. The zero-order chi connectivity index (χ0) is 21.1. The van der Waals surface area contributed by atoms with Crippen LogP contribution >= 0.6 is 36.6 Å². The van der Waals surface area contributed by atoms with Crippen LogP contribution in [0.4, 0.5) is 24.5 Å². The molecule has 2 aromatic rings. The molecule has 0 spiro atoms. The van der Waals surface area contributed by atoms with E-state index in [2.05, 4.69) is 10.2 Å². The van der Waals surface area contributed by atoms with Crippen LogP contribution in [0.25, 0.3) is 0 Å². The molecule has 178 valence electrons. The number of nitrogens with zero attached hydrogens (tertiary/aromatic N) is 2. The molecule has 1 atom stereocenters. The minimum atomic E-state index is -4.37. The molecule has 4 nitrogen and oxygen atoms in total. The van der Waals surface area contributed by atoms with Crippen LogP contribution in [-0.2, 0) is 6.18 Å². The molecular weight excluding hydrogens is 482 g/mol. The molecule has 0 saturated carbocycles. The fraction of sp³-hybridized carbons (Fsp3) is 0.455. The maximum absolute atomic E-state index is 13.3. The summed E-state index contributed by atoms with van der Waals surface area (Å²) < 4.78 is 39.9. The first-order chi connectivity index (χ1) is 14.4. The Morgan fingerprint density at radius 1 is 0.969 bits per heavy atom. The van der Waals surface area contributed by atoms with Crippen molar-refractivity contribution in [1.82, 2.24) is 10.2 Å². The fourth-order valence-electron chi connectivity index (χ4n) is 4.01. The molecule has 0 bridgehead atoms. The predicted molar refractivity (Wildman–Crippen MR) is 128 cm³/mol. The molecule has 1 unspecified atom stereocenters. The maximum atomic E-state index is 13.3. The molecule has 4 rings (SSSR count). The van der Waals surface area contributed by atoms with E-state index in [1.54, 1.807) is 6.07 Å². The summed E-state index contributed by atoms with van der Waals surface area (Å²) in [5.41, 5.74) is 0.925. The van der Waals surface area contributed by atoms with Crippen molar-refractivity contribution in [3.05, 3.63) is 48.0 Å². The number of aliphatic hydroxyl groups is 1. The number of unbranched alkanes of at least 4 members (excludes halogenated alkanes) is 1. The van der Waals surface area contributed by atoms with Gasteiger partial charge in [-0.05, 0) is 49.6 Å². The van der Waals surface area contributed by atoms with Gasteiger partial charge < -0.3 is 15.3 Å². The Balaban J connectivity index is 0.00000181. The second kappa shape index (κ2) is 11.8. The quantitative estimate of drug-likeness (QED) is 0.499. The molecule has 0 aliphatic carbocycles. The largest absolute Gasteiger partial charge is 0.416 e. The highest BCUT2D eigenvalue weighted by atomic mass is 35.5. The fourth-order valence-corrected chi connectivity index (χ4v) is 5.08. The number of hydrogen-bond donors (Lipinski definition) is 2. The lowest BCUT2D eigenvalue weighted by Gasteiger charge is -2.34. The van der Waals surface area contributed by atoms with Gasteiger partial charge in [0.15, 0.2) is 0 Å². The lowest BCUT2D eigenvalue weighted by atomic mass is 10.1. The van der Waals surface area contributed by atoms with E-state index in [0.29, 0.717) is 18.7 Å². The number of aliphatic hydroxyl groups excluding tert-OH is 1. The van der Waals surface area contributed by atoms with E-state index < -0.39 is 18.0 Å². The Bertz CT molecular complexity index is 882. The number of nitrogens with one attached hydrogen (secondary N) is 1. The van der Waals surface area contributed by atoms with Crippen molar-refractivity contribution >= 4 is 48.0 Å². The molecule has 0 amide bonds. The topological polar surface area (TPSA) is 38.7 Å². The highest BCUT2D eigenvalue weighted by Gasteiger charge is 2.33. The monoisotopic (exact) mass is 509 g/mol. The van der Waals surface area contributed by atoms with Gasteiger partial charge in [0.05, 0.1) is 16.9 Å². The summed E-state index contributed by atoms with van der Waals surface area (Å²) in [5.74, 6) is 0. The van der Waals surface area contributed by atoms with Crippen LogP contribution in [0, 0.1) is 0 Å². The number of rotatable bonds is 6. The number of anilines is 2. The van der Waals surface area contributed by atoms with Crippen LogP contribution in [0.1, 0.15) is 24.8 Å². The summed E-state index contributed by atoms with van der Waals surface area (Å²) in [5, 5.41) is 13.7. The SMILES string of the molecule is Cl.Cl.OC(CCCCN1c2ccccc2Sc2ccc(C(F)(F)F)cc21)N1CCNCC1. The van der Waals surface area contributed by atoms with E-state index in [9.17, 15) is 18.3 Å². The van der Waals surface area contributed by atoms with Gasteiger partial charge in [-0.2, -0.15) is 13.2 Å². The molecule has 10 heteroatoms. The molecule has 1 saturated heterocycles. The van der Waals surface area contributed by atoms with Crippen molar-refractivity contribution in [2.24, 2.45) is 0 Å². The summed E-state index contributed by atoms with van der Waals surface area (Å²) in [6, 6.07) is 11.8. The van der Waals surface area contributed by atoms with Crippen LogP contribution in [0.2, 0.25) is 0 Å². The van der Waals surface area contributed by atoms with E-state index >= 15 is 0 Å². The Kier molecular flexibility index (Phi) is 10.00. The van der Waals surface area contributed by atoms with E-state index in [0.717, 1.165) is 60.6 Å². The average Bonchev–Trinajstić information content (AvgIpc) is 2.75. The molecule has 0 aromatic heterocycles. The summed E-state index contributed by atoms with van der Waals surface area (Å²) in [6.45, 7) is 4.06. The summed E-state index contributed by atoms with van der Waals surface area (Å²) >= 11 is 1.51. The van der Waals surface area contributed by atoms with Gasteiger partial charge in [0.25, 0.3) is 0 Å². The van der Waals surface area contributed by atoms with Gasteiger partial charge in [0.2, 0.25) is 0 Å². The summed E-state index contributed by atoms with van der Waals surface area (Å²) in [7, 11) is 0. The number of halogens is 5. The first-order valence-electron chi connectivity index (χ1n) is 10.3. The molecule has 2 N–H and O–H groups in total. The number of benzene rings is 2. The van der Waals surface area contributed by atoms with Gasteiger partial charge in [-0.25, -0.2) is 0 Å². The third kappa shape index (κ3) is 6.24. The van der Waals surface area contributed by atoms with Gasteiger partial charge in [0.1, 0.15) is 6.23 Å². The normalized spacial score (nSPS) is 16.9. The second-order valence-electron chi connectivity index (χ2n) is 7.66. The standard InChI is InChI=1S/C22H26F3N3OS.2ClH/c23-22(24,25)16-8-9-20-18(15-16)28(17-5-1-2-6-19(17)30-20)12-4-3-7-21(29)27-13-10-26-11-14-27;;/h1-2,5-6,8-9,15,21,26,29H,3-4,7,10-14H2;2*1H. The van der Waals surface area contributed by atoms with Crippen molar-refractivity contribution < 1.29 is 18.3 Å². The van der Waals surface area contributed by atoms with Crippen molar-refractivity contribution in [3.8, 4) is 0 Å². The molecule has 2 aliphatic heterocycles. The Morgan fingerprint density at radius 2 is 1.66 bits per heavy atom. The van der Waals surface area contributed by atoms with Crippen LogP contribution in [0.5, 0.6) is 0 Å². The lowest BCUT2D eigenvalue weighted by molar-refractivity contribution is -0.137. The second-order valence-corrected chi connectivity index (χ2v) is 8.75. The van der Waals surface area contributed by atoms with Crippen molar-refractivity contribution in [3.63, 3.8) is 0 Å². The van der Waals surface area contributed by atoms with Crippen molar-refractivity contribution in [1.29, 1.82) is 0 Å². The summed E-state index contributed by atoms with van der Waals surface area (Å²) in [6.07, 6.45) is -2.56. The average molecular weight is 510 g/mol. The molecule has 1 fully saturated rings. The third-order valence-corrected chi connectivity index (χ3v) is 6.75. The van der Waals surface area contributed by atoms with Gasteiger partial charge in [0, 0.05) is 42.5 Å². The van der Waals surface area contributed by atoms with Crippen LogP contribution in [0.3, 0.4) is 0 Å². The van der Waals surface area contributed by atoms with Gasteiger partial charge in [-0.3, -0.25) is 4.90 Å². The van der Waals surface area contributed by atoms with Gasteiger partial charge >= 0.3 is 6.18 Å². The minimum absolute atomic E-state index is 0. The first kappa shape index (κ1) is 27.1. The number of para-hydroxylation sites is 1. The number of piperazine rings is 1. The van der Waals surface area contributed by atoms with Crippen molar-refractivity contribution in [2.75, 3.05) is 37.6 Å². The Labute approximate surface area is 203 Å². The van der Waals surface area contributed by atoms with Crippen molar-refractivity contribution in [2.45, 2.75) is 41.5 Å². The van der Waals surface area contributed by atoms with Gasteiger partial charge in [-0.1, -0.05) is 23.9 Å². The van der Waals surface area contributed by atoms with Crippen LogP contribution in [0.15, 0.2) is 52.3 Å². The highest BCUT2D eigenvalue weighted by Crippen LogP contribution is 2.49. The molecule has 0 radical (unpaired) electrons. The number of fused-ring (bicyclic) bond motifs is 2.